The van der Waals surface area contributed by atoms with Crippen LogP contribution in [0.1, 0.15) is 25.8 Å². The highest BCUT2D eigenvalue weighted by Gasteiger charge is 2.17. The van der Waals surface area contributed by atoms with E-state index < -0.39 is 5.54 Å². The number of amides is 1. The van der Waals surface area contributed by atoms with Gasteiger partial charge in [-0.2, -0.15) is 0 Å². The topological polar surface area (TPSA) is 75.3 Å². The lowest BCUT2D eigenvalue weighted by Crippen LogP contribution is -2.43. The zero-order valence-electron chi connectivity index (χ0n) is 10.8. The van der Waals surface area contributed by atoms with Crippen LogP contribution in [0.15, 0.2) is 30.3 Å². The molecule has 0 aliphatic heterocycles. The van der Waals surface area contributed by atoms with E-state index in [1.165, 1.54) is 6.08 Å². The predicted octanol–water partition coefficient (Wildman–Crippen LogP) is 1.56. The monoisotopic (exact) mass is 248 g/mol. The van der Waals surface area contributed by atoms with Crippen molar-refractivity contribution < 1.29 is 9.90 Å². The number of rotatable bonds is 5. The van der Waals surface area contributed by atoms with Crippen LogP contribution in [0, 0.1) is 0 Å². The summed E-state index contributed by atoms with van der Waals surface area (Å²) in [6.45, 7) is 3.79. The van der Waals surface area contributed by atoms with E-state index in [4.69, 9.17) is 10.8 Å². The number of carbonyl (C=O) groups is 1. The Kier molecular flexibility index (Phi) is 4.92. The van der Waals surface area contributed by atoms with Gasteiger partial charge in [-0.3, -0.25) is 4.79 Å². The largest absolute Gasteiger partial charge is 0.399 e. The third kappa shape index (κ3) is 5.01. The molecule has 0 spiro atoms. The Balaban J connectivity index is 2.60. The first kappa shape index (κ1) is 14.3. The zero-order valence-corrected chi connectivity index (χ0v) is 10.8. The summed E-state index contributed by atoms with van der Waals surface area (Å²) in [7, 11) is 0. The van der Waals surface area contributed by atoms with Gasteiger partial charge in [0.1, 0.15) is 0 Å². The number of nitrogens with two attached hydrogens (primary N) is 1. The molecule has 1 aromatic rings. The van der Waals surface area contributed by atoms with E-state index in [1.807, 2.05) is 26.0 Å². The molecule has 0 fully saturated rings. The maximum Gasteiger partial charge on any atom is 0.244 e. The van der Waals surface area contributed by atoms with Crippen molar-refractivity contribution in [3.05, 3.63) is 35.9 Å². The summed E-state index contributed by atoms with van der Waals surface area (Å²) in [6, 6.07) is 7.30. The number of nitrogen functional groups attached to an aromatic ring is 1. The summed E-state index contributed by atoms with van der Waals surface area (Å²) in [5.74, 6) is -0.184. The van der Waals surface area contributed by atoms with Crippen molar-refractivity contribution in [3.63, 3.8) is 0 Å². The lowest BCUT2D eigenvalue weighted by atomic mass is 10.0. The van der Waals surface area contributed by atoms with Crippen LogP contribution in [0.25, 0.3) is 6.08 Å². The minimum Gasteiger partial charge on any atom is -0.399 e. The standard InChI is InChI=1S/C14H20N2O2/c1-14(2,8-9-17)16-13(18)7-6-11-4-3-5-12(15)10-11/h3-7,10,17H,8-9,15H2,1-2H3,(H,16,18)/b7-6+. The first-order valence-electron chi connectivity index (χ1n) is 5.89. The van der Waals surface area contributed by atoms with E-state index >= 15 is 0 Å². The number of carbonyl (C=O) groups excluding carboxylic acids is 1. The molecule has 18 heavy (non-hydrogen) atoms. The van der Waals surface area contributed by atoms with Gasteiger partial charge in [-0.1, -0.05) is 12.1 Å². The van der Waals surface area contributed by atoms with Crippen molar-refractivity contribution in [1.82, 2.24) is 5.32 Å². The fraction of sp³-hybridized carbons (Fsp3) is 0.357. The second-order valence-corrected chi connectivity index (χ2v) is 4.85. The Labute approximate surface area is 108 Å². The quantitative estimate of drug-likeness (QED) is 0.547. The molecule has 0 aromatic heterocycles. The number of aliphatic hydroxyl groups is 1. The molecule has 1 aromatic carbocycles. The van der Waals surface area contributed by atoms with Crippen molar-refractivity contribution in [1.29, 1.82) is 0 Å². The summed E-state index contributed by atoms with van der Waals surface area (Å²) in [5, 5.41) is 11.7. The molecule has 4 heteroatoms. The third-order valence-electron chi connectivity index (χ3n) is 2.54. The van der Waals surface area contributed by atoms with Gasteiger partial charge in [0, 0.05) is 23.9 Å². The van der Waals surface area contributed by atoms with Gasteiger partial charge in [0.2, 0.25) is 5.91 Å². The molecule has 0 aliphatic rings. The lowest BCUT2D eigenvalue weighted by molar-refractivity contribution is -0.118. The zero-order chi connectivity index (χ0) is 13.6. The van der Waals surface area contributed by atoms with Gasteiger partial charge < -0.3 is 16.2 Å². The van der Waals surface area contributed by atoms with Crippen LogP contribution >= 0.6 is 0 Å². The highest BCUT2D eigenvalue weighted by Crippen LogP contribution is 2.09. The molecule has 1 amide bonds. The van der Waals surface area contributed by atoms with Gasteiger partial charge in [-0.25, -0.2) is 0 Å². The molecule has 0 aliphatic carbocycles. The van der Waals surface area contributed by atoms with E-state index in [0.717, 1.165) is 5.56 Å². The van der Waals surface area contributed by atoms with Gasteiger partial charge in [0.25, 0.3) is 0 Å². The molecule has 98 valence electrons. The average Bonchev–Trinajstić information content (AvgIpc) is 2.25. The third-order valence-corrected chi connectivity index (χ3v) is 2.54. The Hall–Kier alpha value is -1.81. The van der Waals surface area contributed by atoms with Crippen LogP contribution in [0.2, 0.25) is 0 Å². The maximum atomic E-state index is 11.7. The minimum absolute atomic E-state index is 0.0478. The summed E-state index contributed by atoms with van der Waals surface area (Å²) in [5.41, 5.74) is 6.78. The van der Waals surface area contributed by atoms with Crippen molar-refractivity contribution >= 4 is 17.7 Å². The van der Waals surface area contributed by atoms with E-state index in [-0.39, 0.29) is 12.5 Å². The maximum absolute atomic E-state index is 11.7. The molecule has 4 nitrogen and oxygen atoms in total. The number of benzene rings is 1. The summed E-state index contributed by atoms with van der Waals surface area (Å²) in [6.07, 6.45) is 3.69. The van der Waals surface area contributed by atoms with Crippen molar-refractivity contribution in [2.24, 2.45) is 0 Å². The number of anilines is 1. The van der Waals surface area contributed by atoms with Crippen LogP contribution in [0.4, 0.5) is 5.69 Å². The summed E-state index contributed by atoms with van der Waals surface area (Å²) in [4.78, 5) is 11.7. The van der Waals surface area contributed by atoms with Gasteiger partial charge in [0.15, 0.2) is 0 Å². The molecule has 0 bridgehead atoms. The highest BCUT2D eigenvalue weighted by atomic mass is 16.3. The fourth-order valence-electron chi connectivity index (χ4n) is 1.55. The van der Waals surface area contributed by atoms with Crippen molar-refractivity contribution in [2.75, 3.05) is 12.3 Å². The molecular weight excluding hydrogens is 228 g/mol. The smallest absolute Gasteiger partial charge is 0.244 e. The van der Waals surface area contributed by atoms with E-state index in [0.29, 0.717) is 12.1 Å². The number of nitrogens with one attached hydrogen (secondary N) is 1. The molecule has 0 heterocycles. The van der Waals surface area contributed by atoms with E-state index in [9.17, 15) is 4.79 Å². The summed E-state index contributed by atoms with van der Waals surface area (Å²) >= 11 is 0. The molecule has 0 unspecified atom stereocenters. The van der Waals surface area contributed by atoms with Crippen molar-refractivity contribution in [2.45, 2.75) is 25.8 Å². The predicted molar refractivity (Wildman–Crippen MR) is 73.8 cm³/mol. The van der Waals surface area contributed by atoms with Crippen LogP contribution in [-0.2, 0) is 4.79 Å². The molecule has 4 N–H and O–H groups in total. The van der Waals surface area contributed by atoms with E-state index in [2.05, 4.69) is 5.32 Å². The first-order chi connectivity index (χ1) is 8.43. The molecule has 0 atom stereocenters. The van der Waals surface area contributed by atoms with Crippen LogP contribution in [0.5, 0.6) is 0 Å². The van der Waals surface area contributed by atoms with Crippen LogP contribution < -0.4 is 11.1 Å². The molecule has 1 rings (SSSR count). The number of aliphatic hydroxyl groups excluding tert-OH is 1. The molecule has 0 saturated heterocycles. The summed E-state index contributed by atoms with van der Waals surface area (Å²) < 4.78 is 0. The van der Waals surface area contributed by atoms with Gasteiger partial charge >= 0.3 is 0 Å². The second-order valence-electron chi connectivity index (χ2n) is 4.85. The number of hydrogen-bond acceptors (Lipinski definition) is 3. The first-order valence-corrected chi connectivity index (χ1v) is 5.89. The Morgan fingerprint density at radius 3 is 2.83 bits per heavy atom. The highest BCUT2D eigenvalue weighted by molar-refractivity contribution is 5.92. The van der Waals surface area contributed by atoms with Gasteiger partial charge in [0.05, 0.1) is 0 Å². The Morgan fingerprint density at radius 1 is 1.50 bits per heavy atom. The lowest BCUT2D eigenvalue weighted by Gasteiger charge is -2.24. The van der Waals surface area contributed by atoms with Crippen molar-refractivity contribution in [3.8, 4) is 0 Å². The van der Waals surface area contributed by atoms with Crippen LogP contribution in [0.3, 0.4) is 0 Å². The number of hydrogen-bond donors (Lipinski definition) is 3. The Morgan fingerprint density at radius 2 is 2.22 bits per heavy atom. The molecule has 0 saturated carbocycles. The SMILES string of the molecule is CC(C)(CCO)NC(=O)/C=C/c1cccc(N)c1. The molecule has 0 radical (unpaired) electrons. The Bertz CT molecular complexity index is 439. The fourth-order valence-corrected chi connectivity index (χ4v) is 1.55. The average molecular weight is 248 g/mol. The van der Waals surface area contributed by atoms with Crippen LogP contribution in [-0.4, -0.2) is 23.2 Å². The molecular formula is C14H20N2O2. The second kappa shape index (κ2) is 6.21. The van der Waals surface area contributed by atoms with Gasteiger partial charge in [-0.05, 0) is 44.0 Å². The van der Waals surface area contributed by atoms with Gasteiger partial charge in [-0.15, -0.1) is 0 Å². The van der Waals surface area contributed by atoms with E-state index in [1.54, 1.807) is 18.2 Å². The normalized spacial score (nSPS) is 11.7. The minimum atomic E-state index is -0.411.